The molecule has 0 aromatic heterocycles. The van der Waals surface area contributed by atoms with Crippen LogP contribution in [0.5, 0.6) is 5.75 Å². The van der Waals surface area contributed by atoms with Crippen molar-refractivity contribution < 1.29 is 17.9 Å². The Hall–Kier alpha value is -2.87. The Labute approximate surface area is 209 Å². The minimum atomic E-state index is -3.76. The largest absolute Gasteiger partial charge is 0.494 e. The van der Waals surface area contributed by atoms with Crippen molar-refractivity contribution in [2.24, 2.45) is 4.99 Å². The van der Waals surface area contributed by atoms with Gasteiger partial charge in [-0.05, 0) is 49.7 Å². The number of amidine groups is 1. The summed E-state index contributed by atoms with van der Waals surface area (Å²) in [5.74, 6) is 0.667. The van der Waals surface area contributed by atoms with Crippen molar-refractivity contribution in [1.29, 1.82) is 0 Å². The molecule has 1 N–H and O–H groups in total. The first-order chi connectivity index (χ1) is 17.0. The fourth-order valence-corrected chi connectivity index (χ4v) is 5.75. The van der Waals surface area contributed by atoms with Crippen molar-refractivity contribution in [1.82, 2.24) is 4.31 Å². The second-order valence-electron chi connectivity index (χ2n) is 8.73. The molecular weight excluding hydrogens is 462 g/mol. The second-order valence-corrected chi connectivity index (χ2v) is 10.6. The van der Waals surface area contributed by atoms with E-state index in [9.17, 15) is 13.2 Å². The Bertz CT molecular complexity index is 1100. The third-order valence-corrected chi connectivity index (χ3v) is 7.83. The van der Waals surface area contributed by atoms with Crippen LogP contribution in [0.15, 0.2) is 58.4 Å². The number of nitrogens with one attached hydrogen (secondary N) is 1. The summed E-state index contributed by atoms with van der Waals surface area (Å²) in [5, 5.41) is 2.83. The minimum Gasteiger partial charge on any atom is -0.494 e. The number of anilines is 1. The number of hydrogen-bond acceptors (Lipinski definition) is 5. The summed E-state index contributed by atoms with van der Waals surface area (Å²) >= 11 is 0. The Kier molecular flexibility index (Phi) is 10.1. The smallest absolute Gasteiger partial charge is 0.267 e. The van der Waals surface area contributed by atoms with Crippen molar-refractivity contribution in [2.75, 3.05) is 18.5 Å². The van der Waals surface area contributed by atoms with Crippen LogP contribution in [0.3, 0.4) is 0 Å². The van der Waals surface area contributed by atoms with Crippen LogP contribution in [0, 0.1) is 0 Å². The number of carbonyl (C=O) groups excluding carboxylic acids is 1. The molecule has 1 aliphatic rings. The maximum atomic E-state index is 13.4. The first kappa shape index (κ1) is 26.7. The summed E-state index contributed by atoms with van der Waals surface area (Å²) in [6, 6.07) is 13.8. The molecule has 8 heteroatoms. The highest BCUT2D eigenvalue weighted by molar-refractivity contribution is 7.90. The first-order valence-electron chi connectivity index (χ1n) is 12.7. The standard InChI is InChI=1S/C27H37N3O4S/c1-3-5-6-7-8-9-10-13-20-30-26(29-24-14-11-12-15-25(24)35(30,32)33)21-27(31)28-22-16-18-23(19-17-22)34-4-2/h11-12,14-19H,3-10,13,20-21H2,1-2H3,(H,28,31). The lowest BCUT2D eigenvalue weighted by Crippen LogP contribution is -2.41. The van der Waals surface area contributed by atoms with E-state index in [1.54, 1.807) is 48.5 Å². The van der Waals surface area contributed by atoms with Gasteiger partial charge in [0.05, 0.1) is 18.7 Å². The van der Waals surface area contributed by atoms with Crippen molar-refractivity contribution in [3.05, 3.63) is 48.5 Å². The lowest BCUT2D eigenvalue weighted by molar-refractivity contribution is -0.115. The van der Waals surface area contributed by atoms with E-state index < -0.39 is 10.0 Å². The van der Waals surface area contributed by atoms with Crippen LogP contribution in [0.4, 0.5) is 11.4 Å². The Morgan fingerprint density at radius 2 is 1.57 bits per heavy atom. The van der Waals surface area contributed by atoms with Crippen LogP contribution in [-0.2, 0) is 14.8 Å². The van der Waals surface area contributed by atoms with E-state index in [4.69, 9.17) is 4.74 Å². The molecule has 7 nitrogen and oxygen atoms in total. The van der Waals surface area contributed by atoms with Crippen molar-refractivity contribution in [3.63, 3.8) is 0 Å². The topological polar surface area (TPSA) is 88.1 Å². The molecule has 0 fully saturated rings. The lowest BCUT2D eigenvalue weighted by Gasteiger charge is -2.29. The predicted molar refractivity (Wildman–Crippen MR) is 141 cm³/mol. The zero-order valence-electron chi connectivity index (χ0n) is 20.8. The molecule has 2 aromatic carbocycles. The lowest BCUT2D eigenvalue weighted by atomic mass is 10.1. The molecule has 0 unspecified atom stereocenters. The van der Waals surface area contributed by atoms with Crippen LogP contribution in [0.25, 0.3) is 0 Å². The van der Waals surface area contributed by atoms with Crippen LogP contribution < -0.4 is 10.1 Å². The van der Waals surface area contributed by atoms with E-state index in [1.807, 2.05) is 6.92 Å². The highest BCUT2D eigenvalue weighted by Crippen LogP contribution is 2.33. The number of carbonyl (C=O) groups is 1. The molecule has 0 saturated heterocycles. The molecule has 0 atom stereocenters. The quantitative estimate of drug-likeness (QED) is 0.309. The highest BCUT2D eigenvalue weighted by Gasteiger charge is 2.34. The number of hydrogen-bond donors (Lipinski definition) is 1. The van der Waals surface area contributed by atoms with Gasteiger partial charge in [0.25, 0.3) is 10.0 Å². The Balaban J connectivity index is 1.66. The third kappa shape index (κ3) is 7.56. The monoisotopic (exact) mass is 499 g/mol. The molecule has 1 aliphatic heterocycles. The van der Waals surface area contributed by atoms with Gasteiger partial charge in [-0.3, -0.25) is 9.10 Å². The molecule has 0 aliphatic carbocycles. The first-order valence-corrected chi connectivity index (χ1v) is 14.1. The van der Waals surface area contributed by atoms with E-state index in [1.165, 1.54) is 36.4 Å². The number of rotatable bonds is 14. The third-order valence-electron chi connectivity index (χ3n) is 5.95. The number of benzene rings is 2. The summed E-state index contributed by atoms with van der Waals surface area (Å²) in [5.41, 5.74) is 0.997. The van der Waals surface area contributed by atoms with Crippen molar-refractivity contribution in [2.45, 2.75) is 76.5 Å². The summed E-state index contributed by atoms with van der Waals surface area (Å²) in [7, 11) is -3.76. The van der Waals surface area contributed by atoms with Gasteiger partial charge in [0.2, 0.25) is 5.91 Å². The maximum Gasteiger partial charge on any atom is 0.267 e. The van der Waals surface area contributed by atoms with Gasteiger partial charge >= 0.3 is 0 Å². The number of nitrogens with zero attached hydrogens (tertiary/aromatic N) is 2. The van der Waals surface area contributed by atoms with Gasteiger partial charge in [0.1, 0.15) is 16.5 Å². The van der Waals surface area contributed by atoms with Crippen LogP contribution in [0.1, 0.15) is 71.6 Å². The van der Waals surface area contributed by atoms with Gasteiger partial charge in [-0.15, -0.1) is 0 Å². The Morgan fingerprint density at radius 3 is 2.26 bits per heavy atom. The molecule has 0 spiro atoms. The molecule has 35 heavy (non-hydrogen) atoms. The number of unbranched alkanes of at least 4 members (excludes halogenated alkanes) is 7. The normalized spacial score (nSPS) is 14.2. The predicted octanol–water partition coefficient (Wildman–Crippen LogP) is 6.29. The van der Waals surface area contributed by atoms with Crippen molar-refractivity contribution >= 4 is 33.1 Å². The van der Waals surface area contributed by atoms with Gasteiger partial charge in [0, 0.05) is 12.2 Å². The zero-order valence-corrected chi connectivity index (χ0v) is 21.6. The second kappa shape index (κ2) is 13.3. The molecule has 2 aromatic rings. The summed E-state index contributed by atoms with van der Waals surface area (Å²) < 4.78 is 33.5. The average Bonchev–Trinajstić information content (AvgIpc) is 2.84. The number of ether oxygens (including phenoxy) is 1. The highest BCUT2D eigenvalue weighted by atomic mass is 32.2. The molecular formula is C27H37N3O4S. The van der Waals surface area contributed by atoms with Gasteiger partial charge in [-0.2, -0.15) is 0 Å². The number of amides is 1. The molecule has 1 heterocycles. The van der Waals surface area contributed by atoms with E-state index in [-0.39, 0.29) is 23.1 Å². The molecule has 1 amide bonds. The van der Waals surface area contributed by atoms with E-state index >= 15 is 0 Å². The van der Waals surface area contributed by atoms with Crippen molar-refractivity contribution in [3.8, 4) is 5.75 Å². The van der Waals surface area contributed by atoms with E-state index in [2.05, 4.69) is 17.2 Å². The van der Waals surface area contributed by atoms with Crippen LogP contribution >= 0.6 is 0 Å². The number of fused-ring (bicyclic) bond motifs is 1. The minimum absolute atomic E-state index is 0.127. The van der Waals surface area contributed by atoms with Crippen LogP contribution in [0.2, 0.25) is 0 Å². The molecule has 190 valence electrons. The average molecular weight is 500 g/mol. The maximum absolute atomic E-state index is 13.4. The van der Waals surface area contributed by atoms with Gasteiger partial charge in [-0.1, -0.05) is 64.0 Å². The molecule has 0 bridgehead atoms. The van der Waals surface area contributed by atoms with Crippen LogP contribution in [-0.4, -0.2) is 37.6 Å². The summed E-state index contributed by atoms with van der Waals surface area (Å²) in [6.45, 7) is 5.00. The zero-order chi connectivity index (χ0) is 25.1. The number of sulfonamides is 1. The van der Waals surface area contributed by atoms with E-state index in [0.29, 0.717) is 24.5 Å². The SMILES string of the molecule is CCCCCCCCCCN1C(CC(=O)Nc2ccc(OCC)cc2)=Nc2ccccc2S1(=O)=O. The fourth-order valence-electron chi connectivity index (χ4n) is 4.14. The van der Waals surface area contributed by atoms with Gasteiger partial charge in [0.15, 0.2) is 0 Å². The number of aliphatic imine (C=N–C) groups is 1. The Morgan fingerprint density at radius 1 is 0.914 bits per heavy atom. The fraction of sp³-hybridized carbons (Fsp3) is 0.481. The summed E-state index contributed by atoms with van der Waals surface area (Å²) in [6.07, 6.45) is 8.78. The van der Waals surface area contributed by atoms with E-state index in [0.717, 1.165) is 25.0 Å². The number of para-hydroxylation sites is 1. The van der Waals surface area contributed by atoms with Gasteiger partial charge < -0.3 is 10.1 Å². The molecule has 0 saturated carbocycles. The molecule has 0 radical (unpaired) electrons. The van der Waals surface area contributed by atoms with Gasteiger partial charge in [-0.25, -0.2) is 13.4 Å². The molecule has 3 rings (SSSR count). The summed E-state index contributed by atoms with van der Waals surface area (Å²) in [4.78, 5) is 17.6.